The topological polar surface area (TPSA) is 35.5 Å². The van der Waals surface area contributed by atoms with Crippen LogP contribution in [0.3, 0.4) is 0 Å². The Hall–Kier alpha value is -2.43. The van der Waals surface area contributed by atoms with Crippen LogP contribution < -0.4 is 9.47 Å². The first kappa shape index (κ1) is 11.6. The first-order valence-corrected chi connectivity index (χ1v) is 5.55. The minimum absolute atomic E-state index is 0.0744. The Morgan fingerprint density at radius 1 is 0.895 bits per heavy atom. The van der Waals surface area contributed by atoms with Gasteiger partial charge >= 0.3 is 6.29 Å². The minimum Gasteiger partial charge on any atom is -0.395 e. The number of carbonyl (C=O) groups excluding carboxylic acids is 1. The lowest BCUT2D eigenvalue weighted by Crippen LogP contribution is -2.25. The molecule has 0 atom stereocenters. The van der Waals surface area contributed by atoms with Crippen LogP contribution in [0.2, 0.25) is 0 Å². The van der Waals surface area contributed by atoms with Gasteiger partial charge in [-0.15, -0.1) is 8.78 Å². The van der Waals surface area contributed by atoms with Crippen molar-refractivity contribution in [1.82, 2.24) is 0 Å². The molecule has 1 aliphatic rings. The van der Waals surface area contributed by atoms with Gasteiger partial charge < -0.3 is 9.47 Å². The van der Waals surface area contributed by atoms with E-state index in [2.05, 4.69) is 9.47 Å². The Morgan fingerprint density at radius 2 is 1.58 bits per heavy atom. The number of benzene rings is 2. The van der Waals surface area contributed by atoms with E-state index in [-0.39, 0.29) is 22.8 Å². The normalized spacial score (nSPS) is 15.3. The lowest BCUT2D eigenvalue weighted by atomic mass is 10.0. The lowest BCUT2D eigenvalue weighted by molar-refractivity contribution is -0.286. The molecule has 3 nitrogen and oxygen atoms in total. The summed E-state index contributed by atoms with van der Waals surface area (Å²) in [4.78, 5) is 12.1. The third-order valence-corrected chi connectivity index (χ3v) is 2.70. The van der Waals surface area contributed by atoms with E-state index in [0.717, 1.165) is 0 Å². The van der Waals surface area contributed by atoms with E-state index in [9.17, 15) is 13.6 Å². The molecule has 2 aromatic rings. The molecule has 19 heavy (non-hydrogen) atoms. The molecule has 0 spiro atoms. The summed E-state index contributed by atoms with van der Waals surface area (Å²) >= 11 is 0. The molecule has 5 heteroatoms. The van der Waals surface area contributed by atoms with Gasteiger partial charge in [0.15, 0.2) is 17.3 Å². The predicted molar refractivity (Wildman–Crippen MR) is 62.5 cm³/mol. The molecule has 0 saturated carbocycles. The number of fused-ring (bicyclic) bond motifs is 1. The van der Waals surface area contributed by atoms with E-state index in [0.29, 0.717) is 5.56 Å². The van der Waals surface area contributed by atoms with Crippen molar-refractivity contribution < 1.29 is 23.0 Å². The van der Waals surface area contributed by atoms with Gasteiger partial charge in [0.05, 0.1) is 0 Å². The quantitative estimate of drug-likeness (QED) is 0.779. The van der Waals surface area contributed by atoms with Gasteiger partial charge in [-0.1, -0.05) is 30.3 Å². The summed E-state index contributed by atoms with van der Waals surface area (Å²) in [7, 11) is 0. The number of alkyl halides is 2. The summed E-state index contributed by atoms with van der Waals surface area (Å²) in [5.41, 5.74) is 0.749. The van der Waals surface area contributed by atoms with Crippen LogP contribution in [0, 0.1) is 0 Å². The Morgan fingerprint density at radius 3 is 2.32 bits per heavy atom. The van der Waals surface area contributed by atoms with Gasteiger partial charge in [-0.25, -0.2) is 0 Å². The van der Waals surface area contributed by atoms with Crippen LogP contribution in [0.1, 0.15) is 15.9 Å². The molecule has 0 bridgehead atoms. The molecule has 0 radical (unpaired) electrons. The summed E-state index contributed by atoms with van der Waals surface area (Å²) in [6.45, 7) is 0. The van der Waals surface area contributed by atoms with Crippen LogP contribution in [0.4, 0.5) is 8.78 Å². The molecule has 0 fully saturated rings. The van der Waals surface area contributed by atoms with Gasteiger partial charge in [-0.2, -0.15) is 0 Å². The smallest absolute Gasteiger partial charge is 0.395 e. The van der Waals surface area contributed by atoms with Crippen LogP contribution in [0.15, 0.2) is 48.5 Å². The summed E-state index contributed by atoms with van der Waals surface area (Å²) in [6, 6.07) is 12.5. The first-order chi connectivity index (χ1) is 9.05. The average molecular weight is 262 g/mol. The number of hydrogen-bond acceptors (Lipinski definition) is 3. The average Bonchev–Trinajstić information content (AvgIpc) is 2.71. The standard InChI is InChI=1S/C14H8F2O3/c15-14(16)18-11-7-6-10(8-12(11)19-14)13(17)9-4-2-1-3-5-9/h1-8H. The largest absolute Gasteiger partial charge is 0.586 e. The van der Waals surface area contributed by atoms with E-state index in [1.54, 1.807) is 30.3 Å². The van der Waals surface area contributed by atoms with Crippen molar-refractivity contribution in [2.45, 2.75) is 6.29 Å². The zero-order valence-electron chi connectivity index (χ0n) is 9.60. The first-order valence-electron chi connectivity index (χ1n) is 5.55. The highest BCUT2D eigenvalue weighted by Crippen LogP contribution is 2.41. The van der Waals surface area contributed by atoms with Crippen LogP contribution >= 0.6 is 0 Å². The Bertz CT molecular complexity index is 638. The van der Waals surface area contributed by atoms with Crippen LogP contribution in [-0.4, -0.2) is 12.1 Å². The molecule has 0 unspecified atom stereocenters. The highest BCUT2D eigenvalue weighted by atomic mass is 19.3. The summed E-state index contributed by atoms with van der Waals surface area (Å²) in [6.07, 6.45) is -3.67. The fourth-order valence-electron chi connectivity index (χ4n) is 1.85. The molecule has 3 rings (SSSR count). The van der Waals surface area contributed by atoms with Crippen molar-refractivity contribution in [2.24, 2.45) is 0 Å². The Kier molecular flexibility index (Phi) is 2.48. The van der Waals surface area contributed by atoms with Crippen LogP contribution in [-0.2, 0) is 0 Å². The van der Waals surface area contributed by atoms with Gasteiger partial charge in [0, 0.05) is 11.1 Å². The summed E-state index contributed by atoms with van der Waals surface area (Å²) in [5, 5.41) is 0. The van der Waals surface area contributed by atoms with E-state index < -0.39 is 6.29 Å². The van der Waals surface area contributed by atoms with Crippen LogP contribution in [0.5, 0.6) is 11.5 Å². The maximum Gasteiger partial charge on any atom is 0.586 e. The second-order valence-corrected chi connectivity index (χ2v) is 4.02. The molecule has 1 heterocycles. The SMILES string of the molecule is O=C(c1ccccc1)c1ccc2c(c1)OC(F)(F)O2. The summed E-state index contributed by atoms with van der Waals surface area (Å²) < 4.78 is 34.3. The molecule has 0 saturated heterocycles. The van der Waals surface area contributed by atoms with Crippen LogP contribution in [0.25, 0.3) is 0 Å². The zero-order valence-corrected chi connectivity index (χ0v) is 9.60. The third kappa shape index (κ3) is 2.14. The van der Waals surface area contributed by atoms with Crippen molar-refractivity contribution in [3.8, 4) is 11.5 Å². The second kappa shape index (κ2) is 4.05. The van der Waals surface area contributed by atoms with Crippen molar-refractivity contribution in [3.63, 3.8) is 0 Å². The molecule has 0 aromatic heterocycles. The molecule has 0 N–H and O–H groups in total. The van der Waals surface area contributed by atoms with E-state index >= 15 is 0 Å². The zero-order chi connectivity index (χ0) is 13.5. The summed E-state index contributed by atoms with van der Waals surface area (Å²) in [5.74, 6) is -0.469. The van der Waals surface area contributed by atoms with E-state index in [4.69, 9.17) is 0 Å². The van der Waals surface area contributed by atoms with Gasteiger partial charge in [-0.05, 0) is 18.2 Å². The number of carbonyl (C=O) groups is 1. The number of hydrogen-bond donors (Lipinski definition) is 0. The lowest BCUT2D eigenvalue weighted by Gasteiger charge is -2.04. The number of halogens is 2. The third-order valence-electron chi connectivity index (χ3n) is 2.70. The second-order valence-electron chi connectivity index (χ2n) is 4.02. The number of ketones is 1. The minimum atomic E-state index is -3.67. The fraction of sp³-hybridized carbons (Fsp3) is 0.0714. The van der Waals surface area contributed by atoms with Gasteiger partial charge in [-0.3, -0.25) is 4.79 Å². The van der Waals surface area contributed by atoms with Gasteiger partial charge in [0.25, 0.3) is 0 Å². The maximum absolute atomic E-state index is 12.9. The molecular formula is C14H8F2O3. The molecule has 0 amide bonds. The monoisotopic (exact) mass is 262 g/mol. The molecule has 0 aliphatic carbocycles. The van der Waals surface area contributed by atoms with Crippen molar-refractivity contribution >= 4 is 5.78 Å². The van der Waals surface area contributed by atoms with Gasteiger partial charge in [0.2, 0.25) is 0 Å². The highest BCUT2D eigenvalue weighted by molar-refractivity contribution is 6.09. The molecule has 1 aliphatic heterocycles. The molecular weight excluding hydrogens is 254 g/mol. The number of ether oxygens (including phenoxy) is 2. The van der Waals surface area contributed by atoms with Crippen molar-refractivity contribution in [2.75, 3.05) is 0 Å². The Balaban J connectivity index is 1.95. The predicted octanol–water partition coefficient (Wildman–Crippen LogP) is 3.24. The molecule has 2 aromatic carbocycles. The highest BCUT2D eigenvalue weighted by Gasteiger charge is 2.43. The van der Waals surface area contributed by atoms with E-state index in [1.165, 1.54) is 18.2 Å². The van der Waals surface area contributed by atoms with E-state index in [1.807, 2.05) is 0 Å². The maximum atomic E-state index is 12.9. The van der Waals surface area contributed by atoms with Crippen molar-refractivity contribution in [1.29, 1.82) is 0 Å². The Labute approximate surface area is 107 Å². The van der Waals surface area contributed by atoms with Crippen molar-refractivity contribution in [3.05, 3.63) is 59.7 Å². The molecule has 96 valence electrons. The fourth-order valence-corrected chi connectivity index (χ4v) is 1.85. The number of rotatable bonds is 2. The van der Waals surface area contributed by atoms with Gasteiger partial charge in [0.1, 0.15) is 0 Å².